The number of carboxylic acid groups (broad SMARTS) is 1. The number of carbonyl (C=O) groups excluding carboxylic acids is 4. The molecule has 0 saturated heterocycles. The molecule has 0 aliphatic rings. The van der Waals surface area contributed by atoms with Gasteiger partial charge in [0, 0.05) is 6.54 Å². The molecule has 12 N–H and O–H groups in total. The van der Waals surface area contributed by atoms with Gasteiger partial charge in [0.2, 0.25) is 23.6 Å². The van der Waals surface area contributed by atoms with E-state index in [2.05, 4.69) is 20.9 Å². The fraction of sp³-hybridized carbons (Fsp3) is 0.647. The van der Waals surface area contributed by atoms with Crippen molar-refractivity contribution in [3.63, 3.8) is 0 Å². The zero-order valence-corrected chi connectivity index (χ0v) is 18.7. The number of aliphatic carboxylic acids is 1. The quantitative estimate of drug-likeness (QED) is 0.0611. The standard InChI is InChI=1S/C17H32N8O6S/c1-32-6-4-10(16(30)31)25-15(29)11(7-12(19)26)24-13(27)8-23-14(28)9(18)3-2-5-22-17(20)21/h9-11H,2-8,18H2,1H3,(H2,19,26)(H,23,28)(H,24,27)(H,25,29)(H,30,31)(H4,20,21,22). The van der Waals surface area contributed by atoms with Crippen molar-refractivity contribution in [2.45, 2.75) is 43.8 Å². The Morgan fingerprint density at radius 2 is 1.66 bits per heavy atom. The van der Waals surface area contributed by atoms with E-state index in [0.717, 1.165) is 0 Å². The molecule has 182 valence electrons. The third-order valence-electron chi connectivity index (χ3n) is 4.01. The lowest BCUT2D eigenvalue weighted by molar-refractivity contribution is -0.142. The summed E-state index contributed by atoms with van der Waals surface area (Å²) in [5.41, 5.74) is 21.2. The van der Waals surface area contributed by atoms with Gasteiger partial charge in [-0.2, -0.15) is 11.8 Å². The Morgan fingerprint density at radius 1 is 1.00 bits per heavy atom. The molecule has 3 atom stereocenters. The number of carbonyl (C=O) groups is 5. The smallest absolute Gasteiger partial charge is 0.326 e. The number of aliphatic imine (C=N–C) groups is 1. The highest BCUT2D eigenvalue weighted by Crippen LogP contribution is 2.03. The number of nitrogens with zero attached hydrogens (tertiary/aromatic N) is 1. The monoisotopic (exact) mass is 476 g/mol. The van der Waals surface area contributed by atoms with Gasteiger partial charge in [-0.15, -0.1) is 0 Å². The first-order valence-electron chi connectivity index (χ1n) is 9.66. The summed E-state index contributed by atoms with van der Waals surface area (Å²) in [6.45, 7) is -0.222. The zero-order chi connectivity index (χ0) is 24.7. The van der Waals surface area contributed by atoms with E-state index in [0.29, 0.717) is 18.7 Å². The number of thioether (sulfide) groups is 1. The van der Waals surface area contributed by atoms with E-state index in [1.807, 2.05) is 0 Å². The first kappa shape index (κ1) is 28.9. The van der Waals surface area contributed by atoms with Crippen LogP contribution in [0.15, 0.2) is 4.99 Å². The van der Waals surface area contributed by atoms with Gasteiger partial charge in [-0.25, -0.2) is 4.79 Å². The largest absolute Gasteiger partial charge is 0.480 e. The summed E-state index contributed by atoms with van der Waals surface area (Å²) < 4.78 is 0. The summed E-state index contributed by atoms with van der Waals surface area (Å²) >= 11 is 1.40. The van der Waals surface area contributed by atoms with Crippen molar-refractivity contribution in [3.05, 3.63) is 0 Å². The number of rotatable bonds is 16. The minimum absolute atomic E-state index is 0.0758. The van der Waals surface area contributed by atoms with Gasteiger partial charge in [-0.05, 0) is 31.3 Å². The van der Waals surface area contributed by atoms with Crippen LogP contribution in [-0.4, -0.2) is 83.9 Å². The number of hydrogen-bond donors (Lipinski definition) is 8. The van der Waals surface area contributed by atoms with Crippen molar-refractivity contribution >= 4 is 47.3 Å². The lowest BCUT2D eigenvalue weighted by Crippen LogP contribution is -2.54. The van der Waals surface area contributed by atoms with Crippen LogP contribution in [0.5, 0.6) is 0 Å². The third-order valence-corrected chi connectivity index (χ3v) is 4.65. The molecule has 0 bridgehead atoms. The van der Waals surface area contributed by atoms with Gasteiger partial charge in [0.25, 0.3) is 0 Å². The van der Waals surface area contributed by atoms with E-state index >= 15 is 0 Å². The normalized spacial score (nSPS) is 13.2. The molecule has 0 heterocycles. The van der Waals surface area contributed by atoms with Gasteiger partial charge in [-0.3, -0.25) is 24.2 Å². The van der Waals surface area contributed by atoms with E-state index in [9.17, 15) is 29.1 Å². The number of amides is 4. The van der Waals surface area contributed by atoms with Crippen LogP contribution in [0.2, 0.25) is 0 Å². The Labute approximate surface area is 189 Å². The van der Waals surface area contributed by atoms with Gasteiger partial charge in [0.1, 0.15) is 12.1 Å². The summed E-state index contributed by atoms with van der Waals surface area (Å²) in [4.78, 5) is 62.8. The fourth-order valence-corrected chi connectivity index (χ4v) is 2.84. The average Bonchev–Trinajstić information content (AvgIpc) is 2.70. The van der Waals surface area contributed by atoms with Gasteiger partial charge in [0.15, 0.2) is 5.96 Å². The lowest BCUT2D eigenvalue weighted by Gasteiger charge is -2.21. The maximum absolute atomic E-state index is 12.4. The van der Waals surface area contributed by atoms with Crippen LogP contribution >= 0.6 is 11.8 Å². The summed E-state index contributed by atoms with van der Waals surface area (Å²) in [6.07, 6.45) is 2.09. The number of hydrogen-bond acceptors (Lipinski definition) is 8. The van der Waals surface area contributed by atoms with Crippen LogP contribution in [0.1, 0.15) is 25.7 Å². The Bertz CT molecular complexity index is 701. The first-order valence-corrected chi connectivity index (χ1v) is 11.1. The second-order valence-electron chi connectivity index (χ2n) is 6.74. The molecule has 0 aromatic heterocycles. The lowest BCUT2D eigenvalue weighted by atomic mass is 10.1. The van der Waals surface area contributed by atoms with E-state index in [1.54, 1.807) is 6.26 Å². The molecule has 15 heteroatoms. The first-order chi connectivity index (χ1) is 15.0. The summed E-state index contributed by atoms with van der Waals surface area (Å²) in [5.74, 6) is -4.01. The van der Waals surface area contributed by atoms with Crippen LogP contribution in [0.4, 0.5) is 0 Å². The van der Waals surface area contributed by atoms with Crippen LogP contribution in [0.25, 0.3) is 0 Å². The predicted octanol–water partition coefficient (Wildman–Crippen LogP) is -3.83. The van der Waals surface area contributed by atoms with Crippen molar-refractivity contribution < 1.29 is 29.1 Å². The molecule has 0 rings (SSSR count). The summed E-state index contributed by atoms with van der Waals surface area (Å²) in [5, 5.41) is 16.1. The van der Waals surface area contributed by atoms with Crippen LogP contribution < -0.4 is 38.9 Å². The van der Waals surface area contributed by atoms with Gasteiger partial charge < -0.3 is 44.0 Å². The third kappa shape index (κ3) is 13.3. The number of primary amides is 1. The molecular formula is C17H32N8O6S. The maximum atomic E-state index is 12.4. The molecule has 3 unspecified atom stereocenters. The van der Waals surface area contributed by atoms with Crippen molar-refractivity contribution in [3.8, 4) is 0 Å². The molecule has 0 saturated carbocycles. The molecule has 0 aromatic carbocycles. The molecule has 14 nitrogen and oxygen atoms in total. The second-order valence-corrected chi connectivity index (χ2v) is 7.73. The predicted molar refractivity (Wildman–Crippen MR) is 119 cm³/mol. The molecular weight excluding hydrogens is 444 g/mol. The average molecular weight is 477 g/mol. The van der Waals surface area contributed by atoms with E-state index < -0.39 is 60.7 Å². The minimum atomic E-state index is -1.40. The van der Waals surface area contributed by atoms with Gasteiger partial charge in [0.05, 0.1) is 19.0 Å². The Hall–Kier alpha value is -3.07. The highest BCUT2D eigenvalue weighted by atomic mass is 32.2. The summed E-state index contributed by atoms with van der Waals surface area (Å²) in [6, 6.07) is -3.50. The molecule has 32 heavy (non-hydrogen) atoms. The molecule has 0 aromatic rings. The Morgan fingerprint density at radius 3 is 2.19 bits per heavy atom. The number of nitrogens with two attached hydrogens (primary N) is 4. The minimum Gasteiger partial charge on any atom is -0.480 e. The Kier molecular flexibility index (Phi) is 14.2. The van der Waals surface area contributed by atoms with E-state index in [4.69, 9.17) is 22.9 Å². The number of carboxylic acids is 1. The molecule has 0 aliphatic heterocycles. The van der Waals surface area contributed by atoms with E-state index in [-0.39, 0.29) is 18.8 Å². The number of nitrogens with one attached hydrogen (secondary N) is 3. The maximum Gasteiger partial charge on any atom is 0.326 e. The van der Waals surface area contributed by atoms with Crippen LogP contribution in [-0.2, 0) is 24.0 Å². The molecule has 0 aliphatic carbocycles. The second kappa shape index (κ2) is 15.7. The highest BCUT2D eigenvalue weighted by Gasteiger charge is 2.27. The highest BCUT2D eigenvalue weighted by molar-refractivity contribution is 7.98. The van der Waals surface area contributed by atoms with Gasteiger partial charge >= 0.3 is 5.97 Å². The van der Waals surface area contributed by atoms with Crippen LogP contribution in [0, 0.1) is 0 Å². The van der Waals surface area contributed by atoms with Crippen molar-refractivity contribution in [2.75, 3.05) is 25.1 Å². The van der Waals surface area contributed by atoms with Crippen LogP contribution in [0.3, 0.4) is 0 Å². The fourth-order valence-electron chi connectivity index (χ4n) is 2.37. The molecule has 0 radical (unpaired) electrons. The number of guanidine groups is 1. The molecule has 0 spiro atoms. The SMILES string of the molecule is CSCCC(NC(=O)C(CC(N)=O)NC(=O)CNC(=O)C(N)CCCN=C(N)N)C(=O)O. The topological polar surface area (TPSA) is 258 Å². The Balaban J connectivity index is 4.75. The van der Waals surface area contributed by atoms with Crippen molar-refractivity contribution in [2.24, 2.45) is 27.9 Å². The molecule has 0 fully saturated rings. The van der Waals surface area contributed by atoms with E-state index in [1.165, 1.54) is 11.8 Å². The van der Waals surface area contributed by atoms with Crippen molar-refractivity contribution in [1.29, 1.82) is 0 Å². The van der Waals surface area contributed by atoms with Crippen molar-refractivity contribution in [1.82, 2.24) is 16.0 Å². The summed E-state index contributed by atoms with van der Waals surface area (Å²) in [7, 11) is 0. The molecule has 4 amide bonds. The zero-order valence-electron chi connectivity index (χ0n) is 17.8. The van der Waals surface area contributed by atoms with Gasteiger partial charge in [-0.1, -0.05) is 0 Å².